The van der Waals surface area contributed by atoms with Gasteiger partial charge in [0.15, 0.2) is 0 Å². The number of aryl methyl sites for hydroxylation is 1. The van der Waals surface area contributed by atoms with Crippen molar-refractivity contribution in [2.24, 2.45) is 0 Å². The van der Waals surface area contributed by atoms with Crippen LogP contribution >= 0.6 is 11.6 Å². The topological polar surface area (TPSA) is 95.6 Å². The molecular formula is C35H35ClFN3O4S. The summed E-state index contributed by atoms with van der Waals surface area (Å²) >= 11 is 6.33. The Hall–Kier alpha value is -4.05. The average Bonchev–Trinajstić information content (AvgIpc) is 3.86. The summed E-state index contributed by atoms with van der Waals surface area (Å²) in [6, 6.07) is 28.2. The first kappa shape index (κ1) is 32.3. The standard InChI is InChI=1S/C35H35ClFN3O4S/c36-32-9-5-4-8-28(32)23-38-35(42)33(22-26-6-2-1-3-7-26)40(24-27-10-15-29(37)16-11-27)34(41)21-14-25-12-19-31(20-13-25)45(43,44)39-30-17-18-30/h1-13,15-16,19-20,30,33,39H,14,17-18,21-24H2,(H,38,42)/t33-/m1/s1. The molecule has 45 heavy (non-hydrogen) atoms. The Bertz CT molecular complexity index is 1710. The van der Waals surface area contributed by atoms with Gasteiger partial charge in [0.25, 0.3) is 0 Å². The maximum absolute atomic E-state index is 14.0. The van der Waals surface area contributed by atoms with E-state index < -0.39 is 21.9 Å². The van der Waals surface area contributed by atoms with Gasteiger partial charge in [-0.25, -0.2) is 17.5 Å². The maximum Gasteiger partial charge on any atom is 0.243 e. The fraction of sp³-hybridized carbons (Fsp3) is 0.257. The summed E-state index contributed by atoms with van der Waals surface area (Å²) in [6.45, 7) is 0.285. The van der Waals surface area contributed by atoms with Crippen molar-refractivity contribution in [2.45, 2.75) is 62.2 Å². The number of rotatable bonds is 14. The lowest BCUT2D eigenvalue weighted by atomic mass is 10.0. The molecule has 4 aromatic carbocycles. The molecule has 0 heterocycles. The normalized spacial score (nSPS) is 13.6. The van der Waals surface area contributed by atoms with Crippen molar-refractivity contribution in [3.05, 3.63) is 136 Å². The zero-order chi connectivity index (χ0) is 31.8. The van der Waals surface area contributed by atoms with Crippen molar-refractivity contribution >= 4 is 33.4 Å². The van der Waals surface area contributed by atoms with Crippen LogP contribution in [0.2, 0.25) is 5.02 Å². The van der Waals surface area contributed by atoms with Gasteiger partial charge < -0.3 is 10.2 Å². The number of carbonyl (C=O) groups is 2. The summed E-state index contributed by atoms with van der Waals surface area (Å²) in [7, 11) is -3.58. The lowest BCUT2D eigenvalue weighted by molar-refractivity contribution is -0.141. The van der Waals surface area contributed by atoms with Crippen molar-refractivity contribution < 1.29 is 22.4 Å². The van der Waals surface area contributed by atoms with Crippen LogP contribution in [-0.2, 0) is 45.5 Å². The van der Waals surface area contributed by atoms with Crippen molar-refractivity contribution in [1.29, 1.82) is 0 Å². The lowest BCUT2D eigenvalue weighted by Gasteiger charge is -2.32. The summed E-state index contributed by atoms with van der Waals surface area (Å²) in [5, 5.41) is 3.49. The van der Waals surface area contributed by atoms with Crippen LogP contribution in [0.1, 0.15) is 41.5 Å². The van der Waals surface area contributed by atoms with Crippen LogP contribution in [-0.4, -0.2) is 37.2 Å². The van der Waals surface area contributed by atoms with E-state index in [0.29, 0.717) is 17.0 Å². The minimum Gasteiger partial charge on any atom is -0.350 e. The summed E-state index contributed by atoms with van der Waals surface area (Å²) in [5.41, 5.74) is 3.10. The highest BCUT2D eigenvalue weighted by molar-refractivity contribution is 7.89. The highest BCUT2D eigenvalue weighted by Crippen LogP contribution is 2.23. The number of hydrogen-bond donors (Lipinski definition) is 2. The Labute approximate surface area is 268 Å². The van der Waals surface area contributed by atoms with Crippen LogP contribution in [0.3, 0.4) is 0 Å². The molecule has 0 spiro atoms. The minimum absolute atomic E-state index is 0.00472. The molecule has 1 aliphatic carbocycles. The molecule has 5 rings (SSSR count). The van der Waals surface area contributed by atoms with Gasteiger partial charge in [-0.15, -0.1) is 0 Å². The molecule has 4 aromatic rings. The second kappa shape index (κ2) is 14.8. The van der Waals surface area contributed by atoms with Gasteiger partial charge in [-0.3, -0.25) is 9.59 Å². The number of amides is 2. The Balaban J connectivity index is 1.37. The number of halogens is 2. The van der Waals surface area contributed by atoms with Gasteiger partial charge in [0.1, 0.15) is 11.9 Å². The third kappa shape index (κ3) is 9.23. The van der Waals surface area contributed by atoms with Crippen LogP contribution < -0.4 is 10.0 Å². The molecule has 1 aliphatic rings. The van der Waals surface area contributed by atoms with E-state index in [9.17, 15) is 22.4 Å². The van der Waals surface area contributed by atoms with Gasteiger partial charge in [-0.05, 0) is 71.8 Å². The molecule has 0 saturated heterocycles. The van der Waals surface area contributed by atoms with Crippen molar-refractivity contribution in [3.8, 4) is 0 Å². The first-order valence-electron chi connectivity index (χ1n) is 14.9. The zero-order valence-corrected chi connectivity index (χ0v) is 26.2. The molecule has 0 unspecified atom stereocenters. The van der Waals surface area contributed by atoms with E-state index in [-0.39, 0.29) is 48.7 Å². The third-order valence-electron chi connectivity index (χ3n) is 7.71. The van der Waals surface area contributed by atoms with Crippen molar-refractivity contribution in [1.82, 2.24) is 14.9 Å². The Kier molecular flexibility index (Phi) is 10.7. The molecule has 1 fully saturated rings. The van der Waals surface area contributed by atoms with Crippen LogP contribution in [0.4, 0.5) is 4.39 Å². The molecule has 2 N–H and O–H groups in total. The molecule has 0 aromatic heterocycles. The van der Waals surface area contributed by atoms with Gasteiger partial charge in [0.05, 0.1) is 4.90 Å². The van der Waals surface area contributed by atoms with E-state index in [4.69, 9.17) is 11.6 Å². The molecule has 1 atom stereocenters. The minimum atomic E-state index is -3.58. The average molecular weight is 648 g/mol. The molecule has 234 valence electrons. The summed E-state index contributed by atoms with van der Waals surface area (Å²) < 4.78 is 41.5. The van der Waals surface area contributed by atoms with Crippen molar-refractivity contribution in [3.63, 3.8) is 0 Å². The predicted octanol–water partition coefficient (Wildman–Crippen LogP) is 5.81. The SMILES string of the molecule is O=C(NCc1ccccc1Cl)[C@@H](Cc1ccccc1)N(Cc1ccc(F)cc1)C(=O)CCc1ccc(S(=O)(=O)NC2CC2)cc1. The Morgan fingerprint density at radius 1 is 0.844 bits per heavy atom. The van der Waals surface area contributed by atoms with E-state index in [1.165, 1.54) is 12.1 Å². The third-order valence-corrected chi connectivity index (χ3v) is 9.61. The highest BCUT2D eigenvalue weighted by Gasteiger charge is 2.31. The highest BCUT2D eigenvalue weighted by atomic mass is 35.5. The monoisotopic (exact) mass is 647 g/mol. The largest absolute Gasteiger partial charge is 0.350 e. The van der Waals surface area contributed by atoms with Gasteiger partial charge >= 0.3 is 0 Å². The van der Waals surface area contributed by atoms with Gasteiger partial charge in [-0.1, -0.05) is 84.4 Å². The molecule has 7 nitrogen and oxygen atoms in total. The van der Waals surface area contributed by atoms with Gasteiger partial charge in [0.2, 0.25) is 21.8 Å². The number of nitrogens with zero attached hydrogens (tertiary/aromatic N) is 1. The Morgan fingerprint density at radius 3 is 2.16 bits per heavy atom. The van der Waals surface area contributed by atoms with E-state index in [1.54, 1.807) is 47.4 Å². The van der Waals surface area contributed by atoms with Crippen LogP contribution in [0, 0.1) is 5.82 Å². The lowest BCUT2D eigenvalue weighted by Crippen LogP contribution is -2.50. The van der Waals surface area contributed by atoms with Crippen LogP contribution in [0.5, 0.6) is 0 Å². The molecule has 2 amide bonds. The second-order valence-electron chi connectivity index (χ2n) is 11.2. The maximum atomic E-state index is 14.0. The van der Waals surface area contributed by atoms with Crippen LogP contribution in [0.25, 0.3) is 0 Å². The molecule has 0 radical (unpaired) electrons. The number of hydrogen-bond acceptors (Lipinski definition) is 4. The second-order valence-corrected chi connectivity index (χ2v) is 13.3. The molecule has 10 heteroatoms. The fourth-order valence-electron chi connectivity index (χ4n) is 5.00. The van der Waals surface area contributed by atoms with Crippen molar-refractivity contribution in [2.75, 3.05) is 0 Å². The van der Waals surface area contributed by atoms with E-state index >= 15 is 0 Å². The van der Waals surface area contributed by atoms with Gasteiger partial charge in [-0.2, -0.15) is 0 Å². The zero-order valence-electron chi connectivity index (χ0n) is 24.7. The summed E-state index contributed by atoms with van der Waals surface area (Å²) in [4.78, 5) is 29.5. The van der Waals surface area contributed by atoms with E-state index in [2.05, 4.69) is 10.0 Å². The Morgan fingerprint density at radius 2 is 1.49 bits per heavy atom. The van der Waals surface area contributed by atoms with E-state index in [1.807, 2.05) is 48.5 Å². The van der Waals surface area contributed by atoms with Crippen LogP contribution in [0.15, 0.2) is 108 Å². The smallest absolute Gasteiger partial charge is 0.243 e. The summed E-state index contributed by atoms with van der Waals surface area (Å²) in [6.07, 6.45) is 2.38. The number of nitrogens with one attached hydrogen (secondary N) is 2. The number of benzene rings is 4. The fourth-order valence-corrected chi connectivity index (χ4v) is 6.51. The molecular weight excluding hydrogens is 613 g/mol. The number of sulfonamides is 1. The number of carbonyl (C=O) groups excluding carboxylic acids is 2. The predicted molar refractivity (Wildman–Crippen MR) is 172 cm³/mol. The molecule has 0 aliphatic heterocycles. The molecule has 0 bridgehead atoms. The van der Waals surface area contributed by atoms with E-state index in [0.717, 1.165) is 29.5 Å². The summed E-state index contributed by atoms with van der Waals surface area (Å²) in [5.74, 6) is -1.00. The first-order chi connectivity index (χ1) is 21.7. The van der Waals surface area contributed by atoms with Gasteiger partial charge in [0, 0.05) is 37.0 Å². The quantitative estimate of drug-likeness (QED) is 0.181. The molecule has 1 saturated carbocycles. The first-order valence-corrected chi connectivity index (χ1v) is 16.7.